The molecule has 0 aromatic rings. The van der Waals surface area contributed by atoms with Crippen molar-refractivity contribution in [2.45, 2.75) is 212 Å². The zero-order valence-electron chi connectivity index (χ0n) is 29.0. The Morgan fingerprint density at radius 2 is 0.953 bits per heavy atom. The fourth-order valence-corrected chi connectivity index (χ4v) is 5.74. The summed E-state index contributed by atoms with van der Waals surface area (Å²) in [6.45, 7) is 4.29. The van der Waals surface area contributed by atoms with Crippen LogP contribution in [0.3, 0.4) is 0 Å². The first-order chi connectivity index (χ1) is 21.2. The standard InChI is InChI=1S/C39H75NO3/c1-3-5-7-9-11-12-13-14-15-16-17-18-19-20-21-22-23-24-25-26-27-28-29-31-33-35-39(43)40-37(36-41)38(42)34-32-30-10-8-6-4-2/h13-14,16-17,37-38,41-42H,3-12,15,18-36H2,1-2H3,(H,40,43)/b14-13-,17-16-. The number of hydrogen-bond donors (Lipinski definition) is 3. The number of hydrogen-bond acceptors (Lipinski definition) is 3. The number of aliphatic hydroxyl groups is 2. The summed E-state index contributed by atoms with van der Waals surface area (Å²) in [6, 6.07) is -0.530. The Morgan fingerprint density at radius 3 is 1.40 bits per heavy atom. The number of aliphatic hydroxyl groups excluding tert-OH is 2. The van der Waals surface area contributed by atoms with Gasteiger partial charge >= 0.3 is 0 Å². The van der Waals surface area contributed by atoms with E-state index in [1.165, 1.54) is 141 Å². The topological polar surface area (TPSA) is 69.6 Å². The predicted molar refractivity (Wildman–Crippen MR) is 189 cm³/mol. The molecular formula is C39H75NO3. The molecule has 0 saturated carbocycles. The maximum Gasteiger partial charge on any atom is 0.220 e. The Morgan fingerprint density at radius 1 is 0.558 bits per heavy atom. The van der Waals surface area contributed by atoms with Crippen LogP contribution < -0.4 is 5.32 Å². The third-order valence-corrected chi connectivity index (χ3v) is 8.72. The molecule has 0 aliphatic carbocycles. The fraction of sp³-hybridized carbons (Fsp3) is 0.872. The van der Waals surface area contributed by atoms with Crippen molar-refractivity contribution in [2.24, 2.45) is 0 Å². The van der Waals surface area contributed by atoms with Gasteiger partial charge in [-0.15, -0.1) is 0 Å². The molecule has 0 aromatic heterocycles. The van der Waals surface area contributed by atoms with Crippen molar-refractivity contribution < 1.29 is 15.0 Å². The first kappa shape index (κ1) is 41.9. The lowest BCUT2D eigenvalue weighted by molar-refractivity contribution is -0.123. The quantitative estimate of drug-likeness (QED) is 0.0505. The second-order valence-electron chi connectivity index (χ2n) is 13.0. The van der Waals surface area contributed by atoms with Crippen molar-refractivity contribution in [1.29, 1.82) is 0 Å². The van der Waals surface area contributed by atoms with Crippen molar-refractivity contribution in [3.05, 3.63) is 24.3 Å². The lowest BCUT2D eigenvalue weighted by Crippen LogP contribution is -2.45. The Balaban J connectivity index is 3.43. The van der Waals surface area contributed by atoms with Crippen LogP contribution in [-0.4, -0.2) is 34.9 Å². The third-order valence-electron chi connectivity index (χ3n) is 8.72. The highest BCUT2D eigenvalue weighted by Gasteiger charge is 2.19. The maximum atomic E-state index is 12.3. The van der Waals surface area contributed by atoms with E-state index in [1.54, 1.807) is 0 Å². The molecule has 0 heterocycles. The maximum absolute atomic E-state index is 12.3. The smallest absolute Gasteiger partial charge is 0.220 e. The monoisotopic (exact) mass is 606 g/mol. The van der Waals surface area contributed by atoms with Crippen LogP contribution in [0.1, 0.15) is 200 Å². The molecule has 2 unspecified atom stereocenters. The Labute approximate surface area is 269 Å². The zero-order valence-corrected chi connectivity index (χ0v) is 29.0. The first-order valence-corrected chi connectivity index (χ1v) is 19.0. The largest absolute Gasteiger partial charge is 0.394 e. The molecule has 0 bridgehead atoms. The summed E-state index contributed by atoms with van der Waals surface area (Å²) in [6.07, 6.45) is 44.1. The lowest BCUT2D eigenvalue weighted by atomic mass is 10.0. The SMILES string of the molecule is CCCCCCC/C=C\C/C=C\CCCCCCCCCCCCCCCC(=O)NC(CO)C(O)CCCCCCCC. The Hall–Kier alpha value is -1.13. The summed E-state index contributed by atoms with van der Waals surface area (Å²) in [7, 11) is 0. The summed E-state index contributed by atoms with van der Waals surface area (Å²) in [4.78, 5) is 12.3. The van der Waals surface area contributed by atoms with Crippen LogP contribution in [0.2, 0.25) is 0 Å². The molecular weight excluding hydrogens is 530 g/mol. The van der Waals surface area contributed by atoms with E-state index in [-0.39, 0.29) is 12.5 Å². The van der Waals surface area contributed by atoms with Crippen LogP contribution in [0.4, 0.5) is 0 Å². The molecule has 0 rings (SSSR count). The molecule has 4 nitrogen and oxygen atoms in total. The number of carbonyl (C=O) groups is 1. The lowest BCUT2D eigenvalue weighted by Gasteiger charge is -2.22. The molecule has 43 heavy (non-hydrogen) atoms. The van der Waals surface area contributed by atoms with E-state index in [4.69, 9.17) is 0 Å². The van der Waals surface area contributed by atoms with Crippen LogP contribution in [0, 0.1) is 0 Å². The molecule has 0 saturated heterocycles. The van der Waals surface area contributed by atoms with Gasteiger partial charge in [0.05, 0.1) is 18.8 Å². The number of carbonyl (C=O) groups excluding carboxylic acids is 1. The number of unbranched alkanes of at least 4 members (excludes halogenated alkanes) is 23. The molecule has 1 amide bonds. The minimum atomic E-state index is -0.653. The summed E-state index contributed by atoms with van der Waals surface area (Å²) in [5.74, 6) is -0.0379. The number of nitrogens with one attached hydrogen (secondary N) is 1. The van der Waals surface area contributed by atoms with Gasteiger partial charge in [0.15, 0.2) is 0 Å². The Kier molecular flexibility index (Phi) is 34.4. The van der Waals surface area contributed by atoms with Crippen LogP contribution >= 0.6 is 0 Å². The molecule has 4 heteroatoms. The summed E-state index contributed by atoms with van der Waals surface area (Å²) < 4.78 is 0. The number of amides is 1. The Bertz CT molecular complexity index is 618. The number of allylic oxidation sites excluding steroid dienone is 4. The minimum Gasteiger partial charge on any atom is -0.394 e. The van der Waals surface area contributed by atoms with Gasteiger partial charge in [-0.1, -0.05) is 173 Å². The molecule has 0 spiro atoms. The normalized spacial score (nSPS) is 13.3. The molecule has 3 N–H and O–H groups in total. The van der Waals surface area contributed by atoms with E-state index >= 15 is 0 Å². The zero-order chi connectivity index (χ0) is 31.5. The molecule has 0 aromatic carbocycles. The van der Waals surface area contributed by atoms with Gasteiger partial charge in [-0.25, -0.2) is 0 Å². The summed E-state index contributed by atoms with van der Waals surface area (Å²) in [5.41, 5.74) is 0. The van der Waals surface area contributed by atoms with E-state index in [2.05, 4.69) is 43.5 Å². The van der Waals surface area contributed by atoms with Crippen molar-refractivity contribution in [3.63, 3.8) is 0 Å². The van der Waals surface area contributed by atoms with E-state index in [1.807, 2.05) is 0 Å². The van der Waals surface area contributed by atoms with Gasteiger partial charge in [-0.3, -0.25) is 4.79 Å². The highest BCUT2D eigenvalue weighted by Crippen LogP contribution is 2.14. The first-order valence-electron chi connectivity index (χ1n) is 19.0. The highest BCUT2D eigenvalue weighted by molar-refractivity contribution is 5.76. The van der Waals surface area contributed by atoms with E-state index < -0.39 is 12.1 Å². The van der Waals surface area contributed by atoms with E-state index in [0.717, 1.165) is 32.1 Å². The van der Waals surface area contributed by atoms with Crippen LogP contribution in [0.15, 0.2) is 24.3 Å². The van der Waals surface area contributed by atoms with Gasteiger partial charge in [0.1, 0.15) is 0 Å². The highest BCUT2D eigenvalue weighted by atomic mass is 16.3. The molecule has 2 atom stereocenters. The van der Waals surface area contributed by atoms with Crippen LogP contribution in [0.25, 0.3) is 0 Å². The van der Waals surface area contributed by atoms with Crippen molar-refractivity contribution >= 4 is 5.91 Å². The summed E-state index contributed by atoms with van der Waals surface area (Å²) in [5, 5.41) is 22.8. The van der Waals surface area contributed by atoms with Gasteiger partial charge in [0.2, 0.25) is 5.91 Å². The average Bonchev–Trinajstić information content (AvgIpc) is 3.01. The van der Waals surface area contributed by atoms with Crippen LogP contribution in [0.5, 0.6) is 0 Å². The predicted octanol–water partition coefficient (Wildman–Crippen LogP) is 11.3. The van der Waals surface area contributed by atoms with Crippen molar-refractivity contribution in [3.8, 4) is 0 Å². The van der Waals surface area contributed by atoms with Crippen molar-refractivity contribution in [1.82, 2.24) is 5.32 Å². The van der Waals surface area contributed by atoms with Gasteiger partial charge in [0.25, 0.3) is 0 Å². The average molecular weight is 606 g/mol. The fourth-order valence-electron chi connectivity index (χ4n) is 5.74. The third kappa shape index (κ3) is 32.1. The van der Waals surface area contributed by atoms with E-state index in [0.29, 0.717) is 12.8 Å². The minimum absolute atomic E-state index is 0.0379. The second-order valence-corrected chi connectivity index (χ2v) is 13.0. The molecule has 0 radical (unpaired) electrons. The van der Waals surface area contributed by atoms with Crippen LogP contribution in [-0.2, 0) is 4.79 Å². The van der Waals surface area contributed by atoms with Gasteiger partial charge < -0.3 is 15.5 Å². The van der Waals surface area contributed by atoms with Gasteiger partial charge in [-0.05, 0) is 44.9 Å². The van der Waals surface area contributed by atoms with Gasteiger partial charge in [0, 0.05) is 6.42 Å². The molecule has 0 aliphatic heterocycles. The molecule has 0 aliphatic rings. The number of rotatable bonds is 34. The van der Waals surface area contributed by atoms with E-state index in [9.17, 15) is 15.0 Å². The second kappa shape index (κ2) is 35.4. The van der Waals surface area contributed by atoms with Crippen molar-refractivity contribution in [2.75, 3.05) is 6.61 Å². The molecule has 254 valence electrons. The van der Waals surface area contributed by atoms with Gasteiger partial charge in [-0.2, -0.15) is 0 Å². The summed E-state index contributed by atoms with van der Waals surface area (Å²) >= 11 is 0. The molecule has 0 fully saturated rings.